The first-order chi connectivity index (χ1) is 15.8. The second-order valence-corrected chi connectivity index (χ2v) is 12.5. The number of nitrogens with zero attached hydrogens (tertiary/aromatic N) is 3. The standard InChI is InChI=1S/C27H31N3O3S/c1-18-11-7-10-14-23(18)34(32,33)25-19(27(5,6)17-26(2,3)4)15-16-22(31)24(25)30-28-20-12-8-9-13-21(20)29-30/h7-16,31H,17H2,1-6H3. The predicted molar refractivity (Wildman–Crippen MR) is 134 cm³/mol. The number of aromatic hydroxyl groups is 1. The molecule has 4 aromatic rings. The van der Waals surface area contributed by atoms with Crippen molar-refractivity contribution in [1.29, 1.82) is 0 Å². The number of rotatable bonds is 5. The van der Waals surface area contributed by atoms with Gasteiger partial charge in [-0.05, 0) is 59.6 Å². The van der Waals surface area contributed by atoms with Gasteiger partial charge in [0.1, 0.15) is 27.4 Å². The number of hydrogen-bond acceptors (Lipinski definition) is 5. The van der Waals surface area contributed by atoms with E-state index in [-0.39, 0.29) is 26.6 Å². The van der Waals surface area contributed by atoms with Gasteiger partial charge in [0, 0.05) is 0 Å². The van der Waals surface area contributed by atoms with Crippen LogP contribution in [0, 0.1) is 12.3 Å². The van der Waals surface area contributed by atoms with Crippen LogP contribution in [0.5, 0.6) is 5.75 Å². The fraction of sp³-hybridized carbons (Fsp3) is 0.333. The van der Waals surface area contributed by atoms with Crippen molar-refractivity contribution in [3.8, 4) is 11.4 Å². The van der Waals surface area contributed by atoms with Crippen molar-refractivity contribution in [3.63, 3.8) is 0 Å². The Morgan fingerprint density at radius 2 is 1.41 bits per heavy atom. The molecule has 1 aromatic heterocycles. The van der Waals surface area contributed by atoms with Crippen molar-refractivity contribution in [2.24, 2.45) is 5.41 Å². The number of sulfone groups is 1. The molecule has 0 aliphatic rings. The monoisotopic (exact) mass is 477 g/mol. The summed E-state index contributed by atoms with van der Waals surface area (Å²) in [5, 5.41) is 20.0. The van der Waals surface area contributed by atoms with E-state index in [1.807, 2.05) is 32.0 Å². The zero-order chi connectivity index (χ0) is 24.9. The van der Waals surface area contributed by atoms with Gasteiger partial charge in [-0.1, -0.05) is 71.0 Å². The topological polar surface area (TPSA) is 85.1 Å². The molecule has 0 aliphatic carbocycles. The number of phenols is 1. The molecule has 34 heavy (non-hydrogen) atoms. The highest BCUT2D eigenvalue weighted by Gasteiger charge is 2.37. The molecule has 6 nitrogen and oxygen atoms in total. The lowest BCUT2D eigenvalue weighted by molar-refractivity contribution is 0.281. The molecule has 0 atom stereocenters. The number of benzene rings is 3. The molecule has 0 spiro atoms. The Labute approximate surface area is 201 Å². The van der Waals surface area contributed by atoms with Gasteiger partial charge in [0.15, 0.2) is 0 Å². The molecular weight excluding hydrogens is 446 g/mol. The van der Waals surface area contributed by atoms with E-state index in [1.165, 1.54) is 4.80 Å². The molecule has 178 valence electrons. The van der Waals surface area contributed by atoms with E-state index in [4.69, 9.17) is 0 Å². The Kier molecular flexibility index (Phi) is 5.80. The van der Waals surface area contributed by atoms with Crippen LogP contribution < -0.4 is 0 Å². The van der Waals surface area contributed by atoms with Crippen LogP contribution in [-0.2, 0) is 15.3 Å². The summed E-state index contributed by atoms with van der Waals surface area (Å²) < 4.78 is 28.5. The molecule has 0 fully saturated rings. The molecule has 1 heterocycles. The zero-order valence-electron chi connectivity index (χ0n) is 20.5. The van der Waals surface area contributed by atoms with Crippen LogP contribution in [0.1, 0.15) is 52.2 Å². The molecule has 0 bridgehead atoms. The van der Waals surface area contributed by atoms with Crippen molar-refractivity contribution in [1.82, 2.24) is 15.0 Å². The molecule has 0 saturated heterocycles. The van der Waals surface area contributed by atoms with Crippen molar-refractivity contribution < 1.29 is 13.5 Å². The first kappa shape index (κ1) is 24.0. The summed E-state index contributed by atoms with van der Waals surface area (Å²) in [4.78, 5) is 1.49. The van der Waals surface area contributed by atoms with Gasteiger partial charge in [0.2, 0.25) is 9.84 Å². The van der Waals surface area contributed by atoms with Crippen LogP contribution in [-0.4, -0.2) is 28.5 Å². The van der Waals surface area contributed by atoms with Crippen molar-refractivity contribution >= 4 is 20.9 Å². The van der Waals surface area contributed by atoms with Crippen molar-refractivity contribution in [2.45, 2.75) is 63.2 Å². The molecule has 0 radical (unpaired) electrons. The molecule has 0 amide bonds. The molecule has 4 rings (SSSR count). The third-order valence-electron chi connectivity index (χ3n) is 5.95. The van der Waals surface area contributed by atoms with Gasteiger partial charge >= 0.3 is 0 Å². The first-order valence-corrected chi connectivity index (χ1v) is 12.8. The summed E-state index contributed by atoms with van der Waals surface area (Å²) in [6.45, 7) is 12.3. The van der Waals surface area contributed by atoms with Gasteiger partial charge < -0.3 is 5.11 Å². The highest BCUT2D eigenvalue weighted by Crippen LogP contribution is 2.44. The Balaban J connectivity index is 2.11. The summed E-state index contributed by atoms with van der Waals surface area (Å²) in [5.41, 5.74) is 1.98. The fourth-order valence-electron chi connectivity index (χ4n) is 4.91. The molecule has 3 aromatic carbocycles. The van der Waals surface area contributed by atoms with Crippen LogP contribution in [0.15, 0.2) is 70.5 Å². The molecule has 1 N–H and O–H groups in total. The van der Waals surface area contributed by atoms with E-state index in [0.717, 1.165) is 6.42 Å². The first-order valence-electron chi connectivity index (χ1n) is 11.3. The van der Waals surface area contributed by atoms with E-state index in [2.05, 4.69) is 31.0 Å². The third kappa shape index (κ3) is 4.32. The highest BCUT2D eigenvalue weighted by atomic mass is 32.2. The average Bonchev–Trinajstić information content (AvgIpc) is 3.15. The minimum atomic E-state index is -4.04. The molecular formula is C27H31N3O3S. The summed E-state index contributed by atoms with van der Waals surface area (Å²) >= 11 is 0. The van der Waals surface area contributed by atoms with E-state index < -0.39 is 15.3 Å². The lowest BCUT2D eigenvalue weighted by Gasteiger charge is -2.35. The van der Waals surface area contributed by atoms with Gasteiger partial charge in [0.05, 0.1) is 4.90 Å². The zero-order valence-corrected chi connectivity index (χ0v) is 21.3. The van der Waals surface area contributed by atoms with Crippen molar-refractivity contribution in [2.75, 3.05) is 0 Å². The Morgan fingerprint density at radius 3 is 1.97 bits per heavy atom. The van der Waals surface area contributed by atoms with E-state index >= 15 is 0 Å². The maximum atomic E-state index is 14.3. The lowest BCUT2D eigenvalue weighted by Crippen LogP contribution is -2.28. The van der Waals surface area contributed by atoms with Crippen LogP contribution in [0.25, 0.3) is 16.7 Å². The van der Waals surface area contributed by atoms with Gasteiger partial charge in [-0.25, -0.2) is 8.42 Å². The fourth-order valence-corrected chi connectivity index (χ4v) is 6.95. The van der Waals surface area contributed by atoms with Crippen LogP contribution >= 0.6 is 0 Å². The van der Waals surface area contributed by atoms with Crippen LogP contribution in [0.4, 0.5) is 0 Å². The second kappa shape index (κ2) is 8.24. The van der Waals surface area contributed by atoms with E-state index in [9.17, 15) is 13.5 Å². The highest BCUT2D eigenvalue weighted by molar-refractivity contribution is 7.91. The van der Waals surface area contributed by atoms with E-state index in [1.54, 1.807) is 49.4 Å². The number of aryl methyl sites for hydroxylation is 1. The Hall–Kier alpha value is -3.19. The lowest BCUT2D eigenvalue weighted by atomic mass is 9.72. The average molecular weight is 478 g/mol. The molecule has 0 aliphatic heterocycles. The van der Waals surface area contributed by atoms with Gasteiger partial charge in [0.25, 0.3) is 0 Å². The minimum Gasteiger partial charge on any atom is -0.506 e. The van der Waals surface area contributed by atoms with Crippen LogP contribution in [0.2, 0.25) is 0 Å². The smallest absolute Gasteiger partial charge is 0.209 e. The summed E-state index contributed by atoms with van der Waals surface area (Å²) in [6, 6.07) is 17.5. The van der Waals surface area contributed by atoms with Crippen molar-refractivity contribution in [3.05, 3.63) is 71.8 Å². The van der Waals surface area contributed by atoms with Gasteiger partial charge in [-0.3, -0.25) is 0 Å². The van der Waals surface area contributed by atoms with Crippen LogP contribution in [0.3, 0.4) is 0 Å². The third-order valence-corrected chi connectivity index (χ3v) is 7.94. The summed E-state index contributed by atoms with van der Waals surface area (Å²) in [7, 11) is -4.04. The molecule has 7 heteroatoms. The minimum absolute atomic E-state index is 0.0383. The Bertz CT molecular complexity index is 1450. The number of phenolic OH excluding ortho intramolecular Hbond substituents is 1. The quantitative estimate of drug-likeness (QED) is 0.382. The summed E-state index contributed by atoms with van der Waals surface area (Å²) in [5.74, 6) is -0.192. The van der Waals surface area contributed by atoms with Gasteiger partial charge in [-0.15, -0.1) is 15.0 Å². The van der Waals surface area contributed by atoms with E-state index in [0.29, 0.717) is 22.2 Å². The normalized spacial score (nSPS) is 12.9. The second-order valence-electron chi connectivity index (χ2n) is 10.7. The number of hydrogen-bond donors (Lipinski definition) is 1. The van der Waals surface area contributed by atoms with Gasteiger partial charge in [-0.2, -0.15) is 0 Å². The number of aromatic nitrogens is 3. The molecule has 0 saturated carbocycles. The maximum absolute atomic E-state index is 14.3. The maximum Gasteiger partial charge on any atom is 0.209 e. The largest absolute Gasteiger partial charge is 0.506 e. The molecule has 0 unspecified atom stereocenters. The Morgan fingerprint density at radius 1 is 0.853 bits per heavy atom. The SMILES string of the molecule is Cc1ccccc1S(=O)(=O)c1c(C(C)(C)CC(C)(C)C)ccc(O)c1-n1nc2ccccc2n1. The predicted octanol–water partition coefficient (Wildman–Crippen LogP) is 5.98. The number of fused-ring (bicyclic) bond motifs is 1. The summed E-state index contributed by atoms with van der Waals surface area (Å²) in [6.07, 6.45) is 0.731.